The summed E-state index contributed by atoms with van der Waals surface area (Å²) in [7, 11) is 0. The van der Waals surface area contributed by atoms with Crippen LogP contribution in [0.15, 0.2) is 22.6 Å². The molecule has 3 nitrogen and oxygen atoms in total. The maximum atomic E-state index is 6.01. The first-order chi connectivity index (χ1) is 7.56. The number of nitrogens with two attached hydrogens (primary N) is 1. The molecule has 4 heteroatoms. The predicted molar refractivity (Wildman–Crippen MR) is 65.4 cm³/mol. The molecule has 0 saturated heterocycles. The normalized spacial score (nSPS) is 13.6. The lowest BCUT2D eigenvalue weighted by Crippen LogP contribution is -2.13. The summed E-state index contributed by atoms with van der Waals surface area (Å²) >= 11 is 5.87. The van der Waals surface area contributed by atoms with Crippen LogP contribution in [-0.2, 0) is 0 Å². The number of hydrogen-bond donors (Lipinski definition) is 1. The lowest BCUT2D eigenvalue weighted by atomic mass is 10.0. The summed E-state index contributed by atoms with van der Waals surface area (Å²) in [6.45, 7) is 4.25. The molecule has 2 aromatic rings. The van der Waals surface area contributed by atoms with Crippen molar-refractivity contribution in [2.24, 2.45) is 11.7 Å². The van der Waals surface area contributed by atoms with Gasteiger partial charge in [0.2, 0.25) is 5.89 Å². The largest absolute Gasteiger partial charge is 0.439 e. The van der Waals surface area contributed by atoms with E-state index in [1.807, 2.05) is 6.07 Å². The second-order valence-corrected chi connectivity index (χ2v) is 4.84. The third kappa shape index (κ3) is 2.36. The summed E-state index contributed by atoms with van der Waals surface area (Å²) in [4.78, 5) is 4.36. The molecule has 86 valence electrons. The monoisotopic (exact) mass is 238 g/mol. The van der Waals surface area contributed by atoms with Crippen LogP contribution in [0.3, 0.4) is 0 Å². The highest BCUT2D eigenvalue weighted by molar-refractivity contribution is 6.31. The maximum absolute atomic E-state index is 6.01. The topological polar surface area (TPSA) is 52.0 Å². The van der Waals surface area contributed by atoms with Gasteiger partial charge in [-0.25, -0.2) is 4.98 Å². The Labute approximate surface area is 99.6 Å². The number of benzene rings is 1. The average molecular weight is 239 g/mol. The fraction of sp³-hybridized carbons (Fsp3) is 0.417. The zero-order chi connectivity index (χ0) is 11.7. The van der Waals surface area contributed by atoms with E-state index in [9.17, 15) is 0 Å². The second-order valence-electron chi connectivity index (χ2n) is 4.40. The molecular formula is C12H15ClN2O. The van der Waals surface area contributed by atoms with E-state index in [0.717, 1.165) is 11.9 Å². The molecule has 0 fully saturated rings. The van der Waals surface area contributed by atoms with Crippen LogP contribution >= 0.6 is 11.6 Å². The van der Waals surface area contributed by atoms with Crippen molar-refractivity contribution >= 4 is 22.7 Å². The minimum absolute atomic E-state index is 0.147. The number of rotatable bonds is 3. The maximum Gasteiger partial charge on any atom is 0.212 e. The van der Waals surface area contributed by atoms with E-state index in [1.54, 1.807) is 12.1 Å². The van der Waals surface area contributed by atoms with Crippen LogP contribution in [0.5, 0.6) is 0 Å². The fourth-order valence-corrected chi connectivity index (χ4v) is 1.85. The second kappa shape index (κ2) is 4.44. The van der Waals surface area contributed by atoms with Gasteiger partial charge < -0.3 is 10.2 Å². The summed E-state index contributed by atoms with van der Waals surface area (Å²) in [6.07, 6.45) is 0.862. The van der Waals surface area contributed by atoms with E-state index in [4.69, 9.17) is 21.8 Å². The third-order valence-electron chi connectivity index (χ3n) is 2.41. The van der Waals surface area contributed by atoms with E-state index in [2.05, 4.69) is 18.8 Å². The molecule has 0 aliphatic carbocycles. The first kappa shape index (κ1) is 11.4. The van der Waals surface area contributed by atoms with E-state index < -0.39 is 0 Å². The predicted octanol–water partition coefficient (Wildman–Crippen LogP) is 3.53. The number of nitrogens with zero attached hydrogens (tertiary/aromatic N) is 1. The van der Waals surface area contributed by atoms with Crippen molar-refractivity contribution in [3.8, 4) is 0 Å². The van der Waals surface area contributed by atoms with E-state index in [1.165, 1.54) is 0 Å². The van der Waals surface area contributed by atoms with Crippen LogP contribution in [0.1, 0.15) is 32.2 Å². The average Bonchev–Trinajstić information content (AvgIpc) is 2.59. The number of oxazole rings is 1. The molecule has 0 aliphatic heterocycles. The Kier molecular flexibility index (Phi) is 3.17. The summed E-state index contributed by atoms with van der Waals surface area (Å²) in [6, 6.07) is 5.25. The smallest absolute Gasteiger partial charge is 0.212 e. The molecule has 0 aliphatic rings. The van der Waals surface area contributed by atoms with Gasteiger partial charge in [0.25, 0.3) is 0 Å². The van der Waals surface area contributed by atoms with Crippen LogP contribution in [0.2, 0.25) is 5.02 Å². The first-order valence-corrected chi connectivity index (χ1v) is 5.75. The minimum atomic E-state index is -0.147. The molecule has 0 saturated carbocycles. The van der Waals surface area contributed by atoms with Crippen LogP contribution in [0.4, 0.5) is 0 Å². The van der Waals surface area contributed by atoms with Crippen molar-refractivity contribution in [3.63, 3.8) is 0 Å². The summed E-state index contributed by atoms with van der Waals surface area (Å²) < 4.78 is 5.59. The Hall–Kier alpha value is -1.06. The van der Waals surface area contributed by atoms with Crippen molar-refractivity contribution in [2.75, 3.05) is 0 Å². The highest BCUT2D eigenvalue weighted by Crippen LogP contribution is 2.24. The standard InChI is InChI=1S/C12H15ClN2O/c1-7(2)5-9(14)12-15-10-4-3-8(13)6-11(10)16-12/h3-4,6-7,9H,5,14H2,1-2H3. The van der Waals surface area contributed by atoms with Gasteiger partial charge in [-0.1, -0.05) is 25.4 Å². The van der Waals surface area contributed by atoms with Crippen LogP contribution in [0, 0.1) is 5.92 Å². The van der Waals surface area contributed by atoms with Gasteiger partial charge in [-0.3, -0.25) is 0 Å². The van der Waals surface area contributed by atoms with Crippen LogP contribution in [0.25, 0.3) is 11.1 Å². The zero-order valence-electron chi connectivity index (χ0n) is 9.40. The highest BCUT2D eigenvalue weighted by Gasteiger charge is 2.15. The number of fused-ring (bicyclic) bond motifs is 1. The molecule has 0 amide bonds. The zero-order valence-corrected chi connectivity index (χ0v) is 10.2. The van der Waals surface area contributed by atoms with Gasteiger partial charge in [0, 0.05) is 11.1 Å². The lowest BCUT2D eigenvalue weighted by Gasteiger charge is -2.09. The van der Waals surface area contributed by atoms with Gasteiger partial charge >= 0.3 is 0 Å². The van der Waals surface area contributed by atoms with Gasteiger partial charge in [-0.05, 0) is 24.5 Å². The molecule has 0 radical (unpaired) electrons. The molecule has 0 bridgehead atoms. The fourth-order valence-electron chi connectivity index (χ4n) is 1.68. The Morgan fingerprint density at radius 3 is 2.88 bits per heavy atom. The van der Waals surface area contributed by atoms with Crippen molar-refractivity contribution in [1.29, 1.82) is 0 Å². The molecule has 2 rings (SSSR count). The molecule has 1 heterocycles. The summed E-state index contributed by atoms with van der Waals surface area (Å²) in [5, 5.41) is 0.646. The van der Waals surface area contributed by atoms with Crippen molar-refractivity contribution in [3.05, 3.63) is 29.1 Å². The van der Waals surface area contributed by atoms with Crippen molar-refractivity contribution < 1.29 is 4.42 Å². The Morgan fingerprint density at radius 2 is 2.19 bits per heavy atom. The Balaban J connectivity index is 2.32. The van der Waals surface area contributed by atoms with Crippen LogP contribution < -0.4 is 5.73 Å². The summed E-state index contributed by atoms with van der Waals surface area (Å²) in [5.41, 5.74) is 7.51. The highest BCUT2D eigenvalue weighted by atomic mass is 35.5. The molecular weight excluding hydrogens is 224 g/mol. The minimum Gasteiger partial charge on any atom is -0.439 e. The Morgan fingerprint density at radius 1 is 1.44 bits per heavy atom. The SMILES string of the molecule is CC(C)CC(N)c1nc2ccc(Cl)cc2o1. The molecule has 2 N–H and O–H groups in total. The van der Waals surface area contributed by atoms with E-state index >= 15 is 0 Å². The van der Waals surface area contributed by atoms with Gasteiger partial charge in [0.05, 0.1) is 6.04 Å². The van der Waals surface area contributed by atoms with E-state index in [0.29, 0.717) is 22.4 Å². The quantitative estimate of drug-likeness (QED) is 0.890. The molecule has 0 spiro atoms. The summed E-state index contributed by atoms with van der Waals surface area (Å²) in [5.74, 6) is 1.11. The first-order valence-electron chi connectivity index (χ1n) is 5.38. The third-order valence-corrected chi connectivity index (χ3v) is 2.64. The Bertz CT molecular complexity index is 493. The van der Waals surface area contributed by atoms with Gasteiger partial charge in [-0.2, -0.15) is 0 Å². The molecule has 16 heavy (non-hydrogen) atoms. The van der Waals surface area contributed by atoms with Gasteiger partial charge in [0.15, 0.2) is 5.58 Å². The molecule has 1 atom stereocenters. The lowest BCUT2D eigenvalue weighted by molar-refractivity contribution is 0.417. The van der Waals surface area contributed by atoms with E-state index in [-0.39, 0.29) is 6.04 Å². The number of halogens is 1. The van der Waals surface area contributed by atoms with Gasteiger partial charge in [0.1, 0.15) is 5.52 Å². The van der Waals surface area contributed by atoms with Crippen molar-refractivity contribution in [1.82, 2.24) is 4.98 Å². The van der Waals surface area contributed by atoms with Crippen molar-refractivity contribution in [2.45, 2.75) is 26.3 Å². The number of hydrogen-bond acceptors (Lipinski definition) is 3. The van der Waals surface area contributed by atoms with Gasteiger partial charge in [-0.15, -0.1) is 0 Å². The van der Waals surface area contributed by atoms with Crippen LogP contribution in [-0.4, -0.2) is 4.98 Å². The number of aromatic nitrogens is 1. The molecule has 1 aromatic carbocycles. The molecule has 1 aromatic heterocycles. The molecule has 1 unspecified atom stereocenters.